The van der Waals surface area contributed by atoms with Crippen molar-refractivity contribution in [3.63, 3.8) is 0 Å². The van der Waals surface area contributed by atoms with Crippen molar-refractivity contribution in [2.24, 2.45) is 13.0 Å². The lowest BCUT2D eigenvalue weighted by atomic mass is 10.0. The van der Waals surface area contributed by atoms with Crippen LogP contribution in [0, 0.1) is 12.8 Å². The van der Waals surface area contributed by atoms with Gasteiger partial charge in [0.1, 0.15) is 0 Å². The maximum atomic E-state index is 12.8. The van der Waals surface area contributed by atoms with Crippen LogP contribution in [-0.4, -0.2) is 32.3 Å². The molecule has 7 nitrogen and oxygen atoms in total. The molecule has 0 aliphatic heterocycles. The zero-order chi connectivity index (χ0) is 24.1. The maximum absolute atomic E-state index is 12.8. The van der Waals surface area contributed by atoms with Crippen LogP contribution in [0.1, 0.15) is 41.6 Å². The van der Waals surface area contributed by atoms with Gasteiger partial charge in [0.15, 0.2) is 11.0 Å². The molecule has 0 radical (unpaired) electrons. The number of rotatable bonds is 8. The Kier molecular flexibility index (Phi) is 8.40. The highest BCUT2D eigenvalue weighted by Crippen LogP contribution is 2.26. The number of nitrogens with zero attached hydrogens (tertiary/aromatic N) is 3. The van der Waals surface area contributed by atoms with Gasteiger partial charge in [-0.3, -0.25) is 9.59 Å². The predicted octanol–water partition coefficient (Wildman–Crippen LogP) is 5.29. The lowest BCUT2D eigenvalue weighted by molar-refractivity contribution is -0.113. The van der Waals surface area contributed by atoms with E-state index in [9.17, 15) is 9.59 Å². The Morgan fingerprint density at radius 1 is 1.06 bits per heavy atom. The first kappa shape index (κ1) is 25.1. The average molecular weight is 506 g/mol. The molecule has 2 amide bonds. The second-order valence-corrected chi connectivity index (χ2v) is 9.77. The van der Waals surface area contributed by atoms with Crippen LogP contribution in [0.3, 0.4) is 0 Å². The van der Waals surface area contributed by atoms with Gasteiger partial charge in [-0.2, -0.15) is 0 Å². The van der Waals surface area contributed by atoms with Gasteiger partial charge in [0.2, 0.25) is 5.91 Å². The second kappa shape index (κ2) is 11.0. The number of carbonyl (C=O) groups excluding carboxylic acids is 2. The lowest BCUT2D eigenvalue weighted by Gasteiger charge is -2.21. The van der Waals surface area contributed by atoms with E-state index < -0.39 is 0 Å². The van der Waals surface area contributed by atoms with Gasteiger partial charge in [0.05, 0.1) is 11.8 Å². The summed E-state index contributed by atoms with van der Waals surface area (Å²) < 4.78 is 1.80. The van der Waals surface area contributed by atoms with Crippen molar-refractivity contribution in [3.05, 3.63) is 69.5 Å². The minimum absolute atomic E-state index is 0.0797. The quantitative estimate of drug-likeness (QED) is 0.406. The summed E-state index contributed by atoms with van der Waals surface area (Å²) in [5.74, 6) is 0.422. The van der Waals surface area contributed by atoms with E-state index in [2.05, 4.69) is 20.8 Å². The van der Waals surface area contributed by atoms with Crippen LogP contribution in [0.2, 0.25) is 10.0 Å². The van der Waals surface area contributed by atoms with E-state index in [1.807, 2.05) is 40.0 Å². The zero-order valence-electron chi connectivity index (χ0n) is 18.7. The molecular formula is C23H25Cl2N5O2S. The summed E-state index contributed by atoms with van der Waals surface area (Å²) in [6.07, 6.45) is 0. The molecular weight excluding hydrogens is 481 g/mol. The number of anilines is 1. The molecule has 0 bridgehead atoms. The molecule has 0 aliphatic rings. The van der Waals surface area contributed by atoms with Crippen molar-refractivity contribution in [1.82, 2.24) is 20.1 Å². The van der Waals surface area contributed by atoms with Gasteiger partial charge in [-0.15, -0.1) is 10.2 Å². The van der Waals surface area contributed by atoms with Crippen molar-refractivity contribution in [1.29, 1.82) is 0 Å². The molecule has 0 spiro atoms. The summed E-state index contributed by atoms with van der Waals surface area (Å²) >= 11 is 13.2. The van der Waals surface area contributed by atoms with Crippen molar-refractivity contribution in [2.45, 2.75) is 32.0 Å². The monoisotopic (exact) mass is 505 g/mol. The third-order valence-electron chi connectivity index (χ3n) is 4.89. The molecule has 1 heterocycles. The Bertz CT molecular complexity index is 1130. The van der Waals surface area contributed by atoms with Crippen molar-refractivity contribution < 1.29 is 9.59 Å². The van der Waals surface area contributed by atoms with Crippen LogP contribution in [0.4, 0.5) is 5.69 Å². The van der Waals surface area contributed by atoms with Gasteiger partial charge in [0, 0.05) is 28.3 Å². The molecule has 33 heavy (non-hydrogen) atoms. The number of aromatic nitrogens is 3. The van der Waals surface area contributed by atoms with Crippen LogP contribution in [0.25, 0.3) is 0 Å². The summed E-state index contributed by atoms with van der Waals surface area (Å²) in [6.45, 7) is 5.98. The first-order chi connectivity index (χ1) is 15.6. The van der Waals surface area contributed by atoms with Gasteiger partial charge >= 0.3 is 0 Å². The average Bonchev–Trinajstić information content (AvgIpc) is 3.10. The first-order valence-electron chi connectivity index (χ1n) is 10.3. The van der Waals surface area contributed by atoms with Crippen LogP contribution in [0.15, 0.2) is 47.6 Å². The van der Waals surface area contributed by atoms with Crippen LogP contribution < -0.4 is 10.6 Å². The summed E-state index contributed by atoms with van der Waals surface area (Å²) in [6, 6.07) is 11.9. The Balaban J connectivity index is 1.66. The number of thioether (sulfide) groups is 1. The number of hydrogen-bond donors (Lipinski definition) is 2. The van der Waals surface area contributed by atoms with Gasteiger partial charge in [-0.05, 0) is 43.2 Å². The molecule has 3 rings (SSSR count). The van der Waals surface area contributed by atoms with E-state index in [1.54, 1.807) is 34.9 Å². The second-order valence-electron chi connectivity index (χ2n) is 7.96. The number of halogens is 2. The van der Waals surface area contributed by atoms with Crippen LogP contribution >= 0.6 is 35.0 Å². The fourth-order valence-electron chi connectivity index (χ4n) is 3.13. The molecule has 0 aliphatic carbocycles. The number of amides is 2. The Morgan fingerprint density at radius 3 is 2.30 bits per heavy atom. The highest BCUT2D eigenvalue weighted by atomic mass is 35.5. The summed E-state index contributed by atoms with van der Waals surface area (Å²) in [7, 11) is 1.82. The molecule has 10 heteroatoms. The molecule has 1 atom stereocenters. The van der Waals surface area contributed by atoms with Crippen molar-refractivity contribution in [2.75, 3.05) is 11.1 Å². The Morgan fingerprint density at radius 2 is 1.70 bits per heavy atom. The SMILES string of the molecule is Cc1ccc(C(=O)N[C@@H](c2nnc(SCC(=O)Nc3cc(Cl)cc(Cl)c3)n2C)C(C)C)cc1. The molecule has 2 N–H and O–H groups in total. The number of aryl methyl sites for hydroxylation is 1. The number of carbonyl (C=O) groups is 2. The van der Waals surface area contributed by atoms with E-state index in [1.165, 1.54) is 11.8 Å². The Hall–Kier alpha value is -2.55. The third kappa shape index (κ3) is 6.72. The first-order valence-corrected chi connectivity index (χ1v) is 12.0. The van der Waals surface area contributed by atoms with Crippen molar-refractivity contribution in [3.8, 4) is 0 Å². The lowest BCUT2D eigenvalue weighted by Crippen LogP contribution is -2.33. The normalized spacial score (nSPS) is 12.0. The minimum Gasteiger partial charge on any atom is -0.342 e. The van der Waals surface area contributed by atoms with Gasteiger partial charge < -0.3 is 15.2 Å². The summed E-state index contributed by atoms with van der Waals surface area (Å²) in [5, 5.41) is 15.8. The van der Waals surface area contributed by atoms with E-state index >= 15 is 0 Å². The van der Waals surface area contributed by atoms with Gasteiger partial charge in [-0.25, -0.2) is 0 Å². The fourth-order valence-corrected chi connectivity index (χ4v) is 4.38. The summed E-state index contributed by atoms with van der Waals surface area (Å²) in [4.78, 5) is 25.1. The van der Waals surface area contributed by atoms with Crippen LogP contribution in [-0.2, 0) is 11.8 Å². The zero-order valence-corrected chi connectivity index (χ0v) is 21.1. The van der Waals surface area contributed by atoms with Gasteiger partial charge in [-0.1, -0.05) is 66.5 Å². The molecule has 0 saturated carbocycles. The molecule has 174 valence electrons. The van der Waals surface area contributed by atoms with E-state index in [4.69, 9.17) is 23.2 Å². The fraction of sp³-hybridized carbons (Fsp3) is 0.304. The smallest absolute Gasteiger partial charge is 0.251 e. The predicted molar refractivity (Wildman–Crippen MR) is 133 cm³/mol. The molecule has 0 fully saturated rings. The van der Waals surface area contributed by atoms with E-state index in [-0.39, 0.29) is 29.5 Å². The third-order valence-corrected chi connectivity index (χ3v) is 6.35. The number of nitrogens with one attached hydrogen (secondary N) is 2. The molecule has 2 aromatic carbocycles. The highest BCUT2D eigenvalue weighted by molar-refractivity contribution is 7.99. The van der Waals surface area contributed by atoms with E-state index in [0.29, 0.717) is 32.3 Å². The number of benzene rings is 2. The molecule has 3 aromatic rings. The minimum atomic E-state index is -0.340. The maximum Gasteiger partial charge on any atom is 0.251 e. The highest BCUT2D eigenvalue weighted by Gasteiger charge is 2.25. The topological polar surface area (TPSA) is 88.9 Å². The van der Waals surface area contributed by atoms with E-state index in [0.717, 1.165) is 5.56 Å². The van der Waals surface area contributed by atoms with Crippen molar-refractivity contribution >= 4 is 52.5 Å². The van der Waals surface area contributed by atoms with Gasteiger partial charge in [0.25, 0.3) is 5.91 Å². The Labute approximate surface area is 207 Å². The molecule has 1 aromatic heterocycles. The summed E-state index contributed by atoms with van der Waals surface area (Å²) in [5.41, 5.74) is 2.20. The standard InChI is InChI=1S/C23H25Cl2N5O2S/c1-13(2)20(27-22(32)15-7-5-14(3)6-8-15)21-28-29-23(30(21)4)33-12-19(31)26-18-10-16(24)9-17(25)11-18/h5-11,13,20H,12H2,1-4H3,(H,26,31)(H,27,32)/t20-/m1/s1. The number of hydrogen-bond acceptors (Lipinski definition) is 5. The molecule has 0 unspecified atom stereocenters. The molecule has 0 saturated heterocycles. The largest absolute Gasteiger partial charge is 0.342 e. The van der Waals surface area contributed by atoms with Crippen LogP contribution in [0.5, 0.6) is 0 Å².